The van der Waals surface area contributed by atoms with Gasteiger partial charge in [0.2, 0.25) is 5.88 Å². The third kappa shape index (κ3) is 5.19. The van der Waals surface area contributed by atoms with Gasteiger partial charge >= 0.3 is 6.18 Å². The molecule has 0 aliphatic heterocycles. The molecule has 2 aromatic heterocycles. The average Bonchev–Trinajstić information content (AvgIpc) is 3.58. The highest BCUT2D eigenvalue weighted by Gasteiger charge is 2.38. The number of methoxy groups -OCH3 is 1. The number of hydrogen-bond acceptors (Lipinski definition) is 7. The van der Waals surface area contributed by atoms with E-state index in [0.717, 1.165) is 25.0 Å². The third-order valence-corrected chi connectivity index (χ3v) is 6.89. The summed E-state index contributed by atoms with van der Waals surface area (Å²) >= 11 is 6.77. The lowest BCUT2D eigenvalue weighted by Gasteiger charge is -2.30. The van der Waals surface area contributed by atoms with Gasteiger partial charge in [0.05, 0.1) is 41.4 Å². The molecule has 0 bridgehead atoms. The molecule has 1 aliphatic rings. The Morgan fingerprint density at radius 2 is 2.05 bits per heavy atom. The number of nitrogens with zero attached hydrogens (tertiary/aromatic N) is 4. The molecule has 0 amide bonds. The number of alkyl halides is 3. The summed E-state index contributed by atoms with van der Waals surface area (Å²) in [7, 11) is 3.07. The largest absolute Gasteiger partial charge is 0.481 e. The lowest BCUT2D eigenvalue weighted by molar-refractivity contribution is -0.0922. The second kappa shape index (κ2) is 10.5. The van der Waals surface area contributed by atoms with Crippen LogP contribution >= 0.6 is 11.6 Å². The van der Waals surface area contributed by atoms with Crippen molar-refractivity contribution in [2.24, 2.45) is 12.0 Å². The van der Waals surface area contributed by atoms with Crippen LogP contribution in [0.3, 0.4) is 0 Å². The number of rotatable bonds is 9. The van der Waals surface area contributed by atoms with Crippen LogP contribution in [0.2, 0.25) is 5.02 Å². The van der Waals surface area contributed by atoms with Gasteiger partial charge in [-0.15, -0.1) is 0 Å². The van der Waals surface area contributed by atoms with Crippen LogP contribution in [0.4, 0.5) is 13.2 Å². The summed E-state index contributed by atoms with van der Waals surface area (Å²) in [4.78, 5) is 11.6. The van der Waals surface area contributed by atoms with Gasteiger partial charge in [-0.2, -0.15) is 13.2 Å². The monoisotopic (exact) mass is 549 g/mol. The Morgan fingerprint density at radius 1 is 1.34 bits per heavy atom. The molecule has 3 N–H and O–H groups in total. The van der Waals surface area contributed by atoms with Crippen LogP contribution in [0.5, 0.6) is 5.88 Å². The van der Waals surface area contributed by atoms with E-state index in [2.05, 4.69) is 27.0 Å². The molecular weight excluding hydrogens is 523 g/mol. The number of imidazole rings is 1. The quantitative estimate of drug-likeness (QED) is 0.203. The van der Waals surface area contributed by atoms with Crippen LogP contribution in [0.25, 0.3) is 10.9 Å². The number of aromatic nitrogens is 3. The highest BCUT2D eigenvalue weighted by Crippen LogP contribution is 2.42. The predicted molar refractivity (Wildman–Crippen MR) is 138 cm³/mol. The molecule has 2 heterocycles. The fraction of sp³-hybridized carbons (Fsp3) is 0.346. The van der Waals surface area contributed by atoms with Crippen LogP contribution in [-0.4, -0.2) is 50.8 Å². The molecule has 12 heteroatoms. The van der Waals surface area contributed by atoms with Crippen molar-refractivity contribution in [3.8, 4) is 5.88 Å². The SMILES string of the molecule is C=N/C(=C\C=C(/C)C(O)(c1ccc2nc(OC)c(C(O)NC3CC3)c(Cl)c2c1)c1cncn1C)C(F)(F)F. The molecule has 202 valence electrons. The third-order valence-electron chi connectivity index (χ3n) is 6.49. The van der Waals surface area contributed by atoms with Gasteiger partial charge < -0.3 is 19.5 Å². The smallest absolute Gasteiger partial charge is 0.433 e. The van der Waals surface area contributed by atoms with E-state index in [1.54, 1.807) is 29.8 Å². The number of ether oxygens (including phenoxy) is 1. The van der Waals surface area contributed by atoms with Gasteiger partial charge in [0.1, 0.15) is 11.9 Å². The fourth-order valence-electron chi connectivity index (χ4n) is 4.24. The molecule has 2 atom stereocenters. The van der Waals surface area contributed by atoms with E-state index in [9.17, 15) is 23.4 Å². The summed E-state index contributed by atoms with van der Waals surface area (Å²) in [6.07, 6.45) is 0.781. The van der Waals surface area contributed by atoms with E-state index in [0.29, 0.717) is 22.2 Å². The van der Waals surface area contributed by atoms with E-state index >= 15 is 0 Å². The van der Waals surface area contributed by atoms with Gasteiger partial charge in [0.15, 0.2) is 5.60 Å². The van der Waals surface area contributed by atoms with E-state index in [4.69, 9.17) is 16.3 Å². The first-order valence-corrected chi connectivity index (χ1v) is 12.0. The minimum atomic E-state index is -4.71. The number of benzene rings is 1. The van der Waals surface area contributed by atoms with Crippen LogP contribution < -0.4 is 10.1 Å². The number of pyridine rings is 1. The maximum atomic E-state index is 13.2. The molecule has 0 spiro atoms. The number of hydrogen-bond donors (Lipinski definition) is 3. The zero-order valence-corrected chi connectivity index (χ0v) is 21.7. The first-order valence-electron chi connectivity index (χ1n) is 11.7. The van der Waals surface area contributed by atoms with Gasteiger partial charge in [0.25, 0.3) is 0 Å². The second-order valence-electron chi connectivity index (χ2n) is 9.08. The number of aliphatic hydroxyl groups excluding tert-OH is 1. The summed E-state index contributed by atoms with van der Waals surface area (Å²) < 4.78 is 46.6. The summed E-state index contributed by atoms with van der Waals surface area (Å²) in [5.74, 6) is 0.149. The van der Waals surface area contributed by atoms with Crippen LogP contribution in [0, 0.1) is 0 Å². The number of allylic oxidation sites excluding steroid dienone is 3. The molecule has 1 saturated carbocycles. The van der Waals surface area contributed by atoms with Gasteiger partial charge in [-0.3, -0.25) is 10.3 Å². The standard InChI is InChI=1S/C26H27ClF3N5O3/c1-14(5-10-19(31-2)26(28,29)30)25(37,20-12-32-13-35(20)3)15-6-9-18-17(11-15)22(27)21(24(34-18)38-4)23(36)33-16-7-8-16/h5-6,9-13,16,23,33,36-37H,2,7-8H2,1,3-4H3/b14-5+,19-10-. The van der Waals surface area contributed by atoms with Crippen molar-refractivity contribution < 1.29 is 28.1 Å². The van der Waals surface area contributed by atoms with Crippen molar-refractivity contribution in [1.82, 2.24) is 19.9 Å². The maximum absolute atomic E-state index is 13.2. The molecule has 1 fully saturated rings. The van der Waals surface area contributed by atoms with Gasteiger partial charge in [-0.05, 0) is 55.8 Å². The first-order chi connectivity index (χ1) is 17.9. The molecule has 8 nitrogen and oxygen atoms in total. The van der Waals surface area contributed by atoms with E-state index in [1.165, 1.54) is 26.6 Å². The Morgan fingerprint density at radius 3 is 2.61 bits per heavy atom. The molecule has 0 radical (unpaired) electrons. The number of aliphatic imine (C=N–C) groups is 1. The number of halogens is 4. The average molecular weight is 550 g/mol. The summed E-state index contributed by atoms with van der Waals surface area (Å²) in [6, 6.07) is 4.95. The molecule has 4 rings (SSSR count). The van der Waals surface area contributed by atoms with Crippen molar-refractivity contribution in [3.05, 3.63) is 76.0 Å². The van der Waals surface area contributed by atoms with E-state index in [1.807, 2.05) is 0 Å². The number of aryl methyl sites for hydroxylation is 1. The van der Waals surface area contributed by atoms with Crippen LogP contribution in [0.15, 0.2) is 59.1 Å². The van der Waals surface area contributed by atoms with E-state index in [-0.39, 0.29) is 28.1 Å². The highest BCUT2D eigenvalue weighted by atomic mass is 35.5. The maximum Gasteiger partial charge on any atom is 0.433 e. The molecule has 3 aromatic rings. The van der Waals surface area contributed by atoms with Crippen molar-refractivity contribution in [2.45, 2.75) is 43.8 Å². The number of fused-ring (bicyclic) bond motifs is 1. The fourth-order valence-corrected chi connectivity index (χ4v) is 4.57. The Balaban J connectivity index is 1.91. The second-order valence-corrected chi connectivity index (χ2v) is 9.46. The Hall–Kier alpha value is -3.25. The normalized spacial score (nSPS) is 17.4. The minimum Gasteiger partial charge on any atom is -0.481 e. The van der Waals surface area contributed by atoms with Crippen LogP contribution in [0.1, 0.15) is 42.8 Å². The molecule has 38 heavy (non-hydrogen) atoms. The zero-order valence-electron chi connectivity index (χ0n) is 20.9. The molecule has 2 unspecified atom stereocenters. The lowest BCUT2D eigenvalue weighted by Crippen LogP contribution is -2.31. The van der Waals surface area contributed by atoms with Crippen molar-refractivity contribution >= 4 is 29.2 Å². The first kappa shape index (κ1) is 27.8. The molecule has 0 saturated heterocycles. The van der Waals surface area contributed by atoms with Crippen molar-refractivity contribution in [1.29, 1.82) is 0 Å². The van der Waals surface area contributed by atoms with Gasteiger partial charge in [0, 0.05) is 18.5 Å². The highest BCUT2D eigenvalue weighted by molar-refractivity contribution is 6.36. The van der Waals surface area contributed by atoms with Gasteiger partial charge in [-0.25, -0.2) is 9.97 Å². The summed E-state index contributed by atoms with van der Waals surface area (Å²) in [6.45, 7) is 4.48. The molecular formula is C26H27ClF3N5O3. The van der Waals surface area contributed by atoms with E-state index < -0.39 is 23.7 Å². The minimum absolute atomic E-state index is 0.149. The summed E-state index contributed by atoms with van der Waals surface area (Å²) in [5.41, 5.74) is -1.70. The van der Waals surface area contributed by atoms with Gasteiger partial charge in [-0.1, -0.05) is 23.7 Å². The van der Waals surface area contributed by atoms with Crippen molar-refractivity contribution in [3.63, 3.8) is 0 Å². The topological polar surface area (TPSA) is 105 Å². The molecule has 1 aromatic carbocycles. The van der Waals surface area contributed by atoms with Crippen LogP contribution in [-0.2, 0) is 12.6 Å². The Bertz CT molecular complexity index is 1430. The molecule has 1 aliphatic carbocycles. The van der Waals surface area contributed by atoms with Crippen molar-refractivity contribution in [2.75, 3.05) is 7.11 Å². The summed E-state index contributed by atoms with van der Waals surface area (Å²) in [5, 5.41) is 26.5. The Labute approximate surface area is 222 Å². The number of aliphatic hydroxyl groups is 2. The number of nitrogens with one attached hydrogen (secondary N) is 1. The predicted octanol–water partition coefficient (Wildman–Crippen LogP) is 4.70. The zero-order chi connectivity index (χ0) is 27.8. The lowest BCUT2D eigenvalue weighted by atomic mass is 9.83. The Kier molecular flexibility index (Phi) is 7.67.